The van der Waals surface area contributed by atoms with E-state index in [0.717, 1.165) is 0 Å². The summed E-state index contributed by atoms with van der Waals surface area (Å²) in [5, 5.41) is 15.3. The van der Waals surface area contributed by atoms with Crippen LogP contribution < -0.4 is 0 Å². The summed E-state index contributed by atoms with van der Waals surface area (Å²) in [5.74, 6) is -1.06. The Morgan fingerprint density at radius 3 is 3.06 bits per heavy atom. The van der Waals surface area contributed by atoms with E-state index in [1.165, 1.54) is 11.0 Å². The number of ether oxygens (including phenoxy) is 1. The number of carboxylic acid groups (broad SMARTS) is 1. The fourth-order valence-electron chi connectivity index (χ4n) is 1.87. The largest absolute Gasteiger partial charge is 0.476 e. The molecule has 2 heterocycles. The van der Waals surface area contributed by atoms with Crippen molar-refractivity contribution in [1.82, 2.24) is 15.1 Å². The van der Waals surface area contributed by atoms with Crippen molar-refractivity contribution in [3.8, 4) is 0 Å². The van der Waals surface area contributed by atoms with Gasteiger partial charge >= 0.3 is 12.1 Å². The van der Waals surface area contributed by atoms with Gasteiger partial charge in [0.2, 0.25) is 0 Å². The SMILES string of the molecule is C=CCOC(=O)N1CCc2c(C(=O)O)n[nH]c2C1. The fraction of sp³-hybridized carbons (Fsp3) is 0.364. The van der Waals surface area contributed by atoms with Gasteiger partial charge in [0.1, 0.15) is 6.61 Å². The van der Waals surface area contributed by atoms with Crippen molar-refractivity contribution >= 4 is 12.1 Å². The molecule has 2 N–H and O–H groups in total. The zero-order valence-electron chi connectivity index (χ0n) is 9.68. The van der Waals surface area contributed by atoms with Gasteiger partial charge in [0.05, 0.1) is 12.2 Å². The van der Waals surface area contributed by atoms with Crippen LogP contribution in [0.25, 0.3) is 0 Å². The van der Waals surface area contributed by atoms with Crippen LogP contribution in [0, 0.1) is 0 Å². The minimum atomic E-state index is -1.06. The summed E-state index contributed by atoms with van der Waals surface area (Å²) < 4.78 is 4.92. The Kier molecular flexibility index (Phi) is 3.31. The number of carboxylic acids is 1. The van der Waals surface area contributed by atoms with Crippen LogP contribution in [0.2, 0.25) is 0 Å². The number of aromatic amines is 1. The molecule has 0 unspecified atom stereocenters. The van der Waals surface area contributed by atoms with Crippen molar-refractivity contribution in [3.63, 3.8) is 0 Å². The quantitative estimate of drug-likeness (QED) is 0.774. The highest BCUT2D eigenvalue weighted by Gasteiger charge is 2.27. The molecule has 0 atom stereocenters. The number of carbonyl (C=O) groups excluding carboxylic acids is 1. The Morgan fingerprint density at radius 2 is 2.39 bits per heavy atom. The number of H-pyrrole nitrogens is 1. The predicted octanol–water partition coefficient (Wildman–Crippen LogP) is 0.789. The molecule has 96 valence electrons. The van der Waals surface area contributed by atoms with Crippen molar-refractivity contribution < 1.29 is 19.4 Å². The highest BCUT2D eigenvalue weighted by molar-refractivity contribution is 5.87. The van der Waals surface area contributed by atoms with E-state index in [1.54, 1.807) is 0 Å². The second-order valence-electron chi connectivity index (χ2n) is 3.87. The maximum Gasteiger partial charge on any atom is 0.410 e. The fourth-order valence-corrected chi connectivity index (χ4v) is 1.87. The van der Waals surface area contributed by atoms with Gasteiger partial charge in [-0.05, 0) is 6.42 Å². The van der Waals surface area contributed by atoms with E-state index in [9.17, 15) is 9.59 Å². The van der Waals surface area contributed by atoms with Crippen molar-refractivity contribution in [1.29, 1.82) is 0 Å². The summed E-state index contributed by atoms with van der Waals surface area (Å²) in [6.45, 7) is 4.32. The van der Waals surface area contributed by atoms with Crippen LogP contribution in [0.3, 0.4) is 0 Å². The van der Waals surface area contributed by atoms with Crippen LogP contribution in [-0.4, -0.2) is 45.4 Å². The Hall–Kier alpha value is -2.31. The Bertz CT molecular complexity index is 494. The molecule has 0 radical (unpaired) electrons. The molecule has 0 spiro atoms. The number of amides is 1. The van der Waals surface area contributed by atoms with E-state index in [0.29, 0.717) is 24.2 Å². The van der Waals surface area contributed by atoms with E-state index in [-0.39, 0.29) is 18.8 Å². The highest BCUT2D eigenvalue weighted by Crippen LogP contribution is 2.20. The van der Waals surface area contributed by atoms with Crippen molar-refractivity contribution in [2.75, 3.05) is 13.2 Å². The molecule has 0 aromatic carbocycles. The zero-order valence-corrected chi connectivity index (χ0v) is 9.68. The topological polar surface area (TPSA) is 95.5 Å². The maximum atomic E-state index is 11.6. The van der Waals surface area contributed by atoms with Crippen LogP contribution in [-0.2, 0) is 17.7 Å². The number of rotatable bonds is 3. The molecule has 1 aromatic heterocycles. The molecule has 0 aliphatic carbocycles. The number of aromatic nitrogens is 2. The first kappa shape index (κ1) is 12.2. The molecular formula is C11H13N3O4. The van der Waals surface area contributed by atoms with E-state index in [2.05, 4.69) is 16.8 Å². The molecule has 0 saturated heterocycles. The Labute approximate surface area is 103 Å². The molecule has 0 bridgehead atoms. The van der Waals surface area contributed by atoms with Gasteiger partial charge in [-0.1, -0.05) is 12.7 Å². The van der Waals surface area contributed by atoms with Crippen LogP contribution in [0.4, 0.5) is 4.79 Å². The third kappa shape index (κ3) is 2.20. The molecule has 1 aliphatic rings. The van der Waals surface area contributed by atoms with E-state index < -0.39 is 12.1 Å². The molecule has 18 heavy (non-hydrogen) atoms. The van der Waals surface area contributed by atoms with Crippen LogP contribution in [0.15, 0.2) is 12.7 Å². The number of aromatic carboxylic acids is 1. The first-order valence-corrected chi connectivity index (χ1v) is 5.45. The molecule has 1 amide bonds. The van der Waals surface area contributed by atoms with Crippen LogP contribution in [0.1, 0.15) is 21.7 Å². The smallest absolute Gasteiger partial charge is 0.410 e. The lowest BCUT2D eigenvalue weighted by Crippen LogP contribution is -2.36. The van der Waals surface area contributed by atoms with Gasteiger partial charge in [0.15, 0.2) is 5.69 Å². The third-order valence-corrected chi connectivity index (χ3v) is 2.72. The second-order valence-corrected chi connectivity index (χ2v) is 3.87. The monoisotopic (exact) mass is 251 g/mol. The van der Waals surface area contributed by atoms with E-state index in [4.69, 9.17) is 9.84 Å². The lowest BCUT2D eigenvalue weighted by atomic mass is 10.1. The lowest BCUT2D eigenvalue weighted by molar-refractivity contribution is 0.0689. The van der Waals surface area contributed by atoms with Gasteiger partial charge in [-0.15, -0.1) is 0 Å². The van der Waals surface area contributed by atoms with Gasteiger partial charge in [0, 0.05) is 12.1 Å². The number of nitrogens with zero attached hydrogens (tertiary/aromatic N) is 2. The number of hydrogen-bond donors (Lipinski definition) is 2. The van der Waals surface area contributed by atoms with Crippen LogP contribution >= 0.6 is 0 Å². The summed E-state index contributed by atoms with van der Waals surface area (Å²) in [6.07, 6.45) is 1.51. The minimum Gasteiger partial charge on any atom is -0.476 e. The maximum absolute atomic E-state index is 11.6. The van der Waals surface area contributed by atoms with E-state index in [1.807, 2.05) is 0 Å². The van der Waals surface area contributed by atoms with Gasteiger partial charge in [-0.2, -0.15) is 5.10 Å². The Balaban J connectivity index is 2.09. The van der Waals surface area contributed by atoms with Crippen molar-refractivity contribution in [2.45, 2.75) is 13.0 Å². The predicted molar refractivity (Wildman–Crippen MR) is 61.2 cm³/mol. The molecule has 7 heteroatoms. The molecule has 0 saturated carbocycles. The molecule has 0 fully saturated rings. The molecule has 1 aliphatic heterocycles. The standard InChI is InChI=1S/C11H13N3O4/c1-2-5-18-11(17)14-4-3-7-8(6-14)12-13-9(7)10(15)16/h2H,1,3-6H2,(H,12,13)(H,15,16). The number of nitrogens with one attached hydrogen (secondary N) is 1. The van der Waals surface area contributed by atoms with Crippen LogP contribution in [0.5, 0.6) is 0 Å². The van der Waals surface area contributed by atoms with Gasteiger partial charge in [0.25, 0.3) is 0 Å². The first-order valence-electron chi connectivity index (χ1n) is 5.45. The van der Waals surface area contributed by atoms with Gasteiger partial charge in [-0.3, -0.25) is 5.10 Å². The second kappa shape index (κ2) is 4.91. The summed E-state index contributed by atoms with van der Waals surface area (Å²) >= 11 is 0. The third-order valence-electron chi connectivity index (χ3n) is 2.72. The number of fused-ring (bicyclic) bond motifs is 1. The van der Waals surface area contributed by atoms with Crippen molar-refractivity contribution in [3.05, 3.63) is 29.6 Å². The summed E-state index contributed by atoms with van der Waals surface area (Å²) in [4.78, 5) is 24.0. The number of carbonyl (C=O) groups is 2. The average Bonchev–Trinajstić information content (AvgIpc) is 2.78. The lowest BCUT2D eigenvalue weighted by Gasteiger charge is -2.25. The van der Waals surface area contributed by atoms with Gasteiger partial charge in [-0.25, -0.2) is 9.59 Å². The summed E-state index contributed by atoms with van der Waals surface area (Å²) in [7, 11) is 0. The van der Waals surface area contributed by atoms with Gasteiger partial charge < -0.3 is 14.7 Å². The minimum absolute atomic E-state index is 0.0316. The molecule has 1 aromatic rings. The molecular weight excluding hydrogens is 238 g/mol. The average molecular weight is 251 g/mol. The zero-order chi connectivity index (χ0) is 13.1. The summed E-state index contributed by atoms with van der Waals surface area (Å²) in [6, 6.07) is 0. The highest BCUT2D eigenvalue weighted by atomic mass is 16.6. The molecule has 2 rings (SSSR count). The van der Waals surface area contributed by atoms with Crippen molar-refractivity contribution in [2.24, 2.45) is 0 Å². The number of hydrogen-bond acceptors (Lipinski definition) is 4. The Morgan fingerprint density at radius 1 is 1.61 bits per heavy atom. The molecule has 7 nitrogen and oxygen atoms in total. The summed E-state index contributed by atoms with van der Waals surface area (Å²) in [5.41, 5.74) is 1.34. The van der Waals surface area contributed by atoms with E-state index >= 15 is 0 Å². The normalized spacial score (nSPS) is 13.9. The first-order chi connectivity index (χ1) is 8.63.